The first-order chi connectivity index (χ1) is 16.3. The van der Waals surface area contributed by atoms with Gasteiger partial charge in [0.2, 0.25) is 11.8 Å². The summed E-state index contributed by atoms with van der Waals surface area (Å²) in [5, 5.41) is 19.8. The lowest BCUT2D eigenvalue weighted by Gasteiger charge is -2.40. The SMILES string of the molecule is CNC(=O)C[C@H]1CC[C@@H](CNC(=O)C2(c3ccccc3)CCN(C)CC2)N1C.O=CO.O=CO. The van der Waals surface area contributed by atoms with Crippen LogP contribution in [-0.2, 0) is 24.6 Å². The third kappa shape index (κ3) is 8.11. The molecule has 0 saturated carbocycles. The van der Waals surface area contributed by atoms with E-state index < -0.39 is 5.41 Å². The molecule has 3 rings (SSSR count). The Morgan fingerprint density at radius 3 is 2.09 bits per heavy atom. The Balaban J connectivity index is 0.000000872. The summed E-state index contributed by atoms with van der Waals surface area (Å²) in [5.74, 6) is 0.228. The molecule has 2 saturated heterocycles. The lowest BCUT2D eigenvalue weighted by atomic mass is 9.72. The molecule has 0 unspecified atom stereocenters. The van der Waals surface area contributed by atoms with Gasteiger partial charge in [-0.05, 0) is 58.4 Å². The molecule has 0 spiro atoms. The average Bonchev–Trinajstić information content (AvgIpc) is 3.18. The predicted molar refractivity (Wildman–Crippen MR) is 129 cm³/mol. The third-order valence-electron chi connectivity index (χ3n) is 6.78. The second kappa shape index (κ2) is 15.0. The summed E-state index contributed by atoms with van der Waals surface area (Å²) in [6.07, 6.45) is 4.23. The summed E-state index contributed by atoms with van der Waals surface area (Å²) in [6, 6.07) is 10.8. The number of hydrogen-bond donors (Lipinski definition) is 4. The molecule has 34 heavy (non-hydrogen) atoms. The van der Waals surface area contributed by atoms with E-state index in [2.05, 4.69) is 46.7 Å². The summed E-state index contributed by atoms with van der Waals surface area (Å²) in [5.41, 5.74) is 0.685. The molecule has 2 aliphatic rings. The first kappa shape index (κ1) is 29.1. The number of hydrogen-bond acceptors (Lipinski definition) is 6. The van der Waals surface area contributed by atoms with Crippen LogP contribution in [0.15, 0.2) is 30.3 Å². The molecule has 0 aromatic heterocycles. The van der Waals surface area contributed by atoms with Gasteiger partial charge in [0.05, 0.1) is 5.41 Å². The Labute approximate surface area is 201 Å². The van der Waals surface area contributed by atoms with E-state index in [1.807, 2.05) is 18.2 Å². The molecule has 2 heterocycles. The summed E-state index contributed by atoms with van der Waals surface area (Å²) < 4.78 is 0. The first-order valence-corrected chi connectivity index (χ1v) is 11.4. The van der Waals surface area contributed by atoms with E-state index in [4.69, 9.17) is 19.8 Å². The highest BCUT2D eigenvalue weighted by molar-refractivity contribution is 5.88. The van der Waals surface area contributed by atoms with Gasteiger partial charge in [-0.25, -0.2) is 0 Å². The number of amides is 2. The number of piperidine rings is 1. The second-order valence-corrected chi connectivity index (χ2v) is 8.60. The zero-order chi connectivity index (χ0) is 25.6. The zero-order valence-electron chi connectivity index (χ0n) is 20.3. The molecule has 1 aromatic carbocycles. The molecule has 10 nitrogen and oxygen atoms in total. The van der Waals surface area contributed by atoms with Crippen LogP contribution in [0, 0.1) is 0 Å². The monoisotopic (exact) mass is 478 g/mol. The van der Waals surface area contributed by atoms with Crippen molar-refractivity contribution in [2.24, 2.45) is 0 Å². The summed E-state index contributed by atoms with van der Waals surface area (Å²) in [4.78, 5) is 46.4. The molecular formula is C24H38N4O6. The van der Waals surface area contributed by atoms with E-state index in [0.717, 1.165) is 44.3 Å². The van der Waals surface area contributed by atoms with Crippen LogP contribution < -0.4 is 10.6 Å². The molecule has 0 aliphatic carbocycles. The van der Waals surface area contributed by atoms with Crippen LogP contribution in [0.5, 0.6) is 0 Å². The van der Waals surface area contributed by atoms with Gasteiger partial charge in [-0.3, -0.25) is 24.1 Å². The topological polar surface area (TPSA) is 139 Å². The Hall–Kier alpha value is -2.98. The number of rotatable bonds is 6. The lowest BCUT2D eigenvalue weighted by Crippen LogP contribution is -2.53. The summed E-state index contributed by atoms with van der Waals surface area (Å²) in [6.45, 7) is 2.00. The number of nitrogens with one attached hydrogen (secondary N) is 2. The highest BCUT2D eigenvalue weighted by atomic mass is 16.3. The van der Waals surface area contributed by atoms with Crippen molar-refractivity contribution in [2.45, 2.75) is 49.6 Å². The molecule has 10 heteroatoms. The Kier molecular flexibility index (Phi) is 12.8. The van der Waals surface area contributed by atoms with Gasteiger partial charge in [-0.2, -0.15) is 0 Å². The minimum Gasteiger partial charge on any atom is -0.483 e. The molecule has 0 bridgehead atoms. The van der Waals surface area contributed by atoms with E-state index in [1.165, 1.54) is 0 Å². The fraction of sp³-hybridized carbons (Fsp3) is 0.583. The van der Waals surface area contributed by atoms with Crippen LogP contribution in [0.3, 0.4) is 0 Å². The van der Waals surface area contributed by atoms with Crippen molar-refractivity contribution < 1.29 is 29.4 Å². The van der Waals surface area contributed by atoms with Crippen molar-refractivity contribution in [3.8, 4) is 0 Å². The maximum Gasteiger partial charge on any atom is 0.290 e. The Bertz CT molecular complexity index is 762. The number of carbonyl (C=O) groups is 4. The summed E-state index contributed by atoms with van der Waals surface area (Å²) in [7, 11) is 5.87. The zero-order valence-corrected chi connectivity index (χ0v) is 20.3. The number of carbonyl (C=O) groups excluding carboxylic acids is 2. The van der Waals surface area contributed by atoms with Crippen LogP contribution in [0.1, 0.15) is 37.7 Å². The normalized spacial score (nSPS) is 21.6. The van der Waals surface area contributed by atoms with Gasteiger partial charge in [0.15, 0.2) is 0 Å². The second-order valence-electron chi connectivity index (χ2n) is 8.60. The summed E-state index contributed by atoms with van der Waals surface area (Å²) >= 11 is 0. The largest absolute Gasteiger partial charge is 0.483 e. The van der Waals surface area contributed by atoms with Gasteiger partial charge >= 0.3 is 0 Å². The Morgan fingerprint density at radius 2 is 1.56 bits per heavy atom. The molecule has 190 valence electrons. The molecule has 2 fully saturated rings. The molecule has 2 atom stereocenters. The maximum atomic E-state index is 13.4. The van der Waals surface area contributed by atoms with Crippen molar-refractivity contribution in [3.63, 3.8) is 0 Å². The molecule has 2 amide bonds. The van der Waals surface area contributed by atoms with E-state index in [0.29, 0.717) is 13.0 Å². The highest BCUT2D eigenvalue weighted by Crippen LogP contribution is 2.35. The minimum atomic E-state index is -0.438. The Morgan fingerprint density at radius 1 is 1.03 bits per heavy atom. The van der Waals surface area contributed by atoms with Crippen LogP contribution in [0.4, 0.5) is 0 Å². The van der Waals surface area contributed by atoms with Crippen LogP contribution in [-0.4, -0.2) is 97.6 Å². The maximum absolute atomic E-state index is 13.4. The van der Waals surface area contributed by atoms with Gasteiger partial charge in [0.25, 0.3) is 12.9 Å². The van der Waals surface area contributed by atoms with Crippen molar-refractivity contribution >= 4 is 24.8 Å². The van der Waals surface area contributed by atoms with Crippen molar-refractivity contribution in [1.29, 1.82) is 0 Å². The van der Waals surface area contributed by atoms with Gasteiger partial charge in [0.1, 0.15) is 0 Å². The van der Waals surface area contributed by atoms with Gasteiger partial charge in [0, 0.05) is 32.1 Å². The molecular weight excluding hydrogens is 440 g/mol. The van der Waals surface area contributed by atoms with Crippen molar-refractivity contribution in [1.82, 2.24) is 20.4 Å². The standard InChI is InChI=1S/C22H34N4O2.2CH2O2/c1-23-20(27)15-18-9-10-19(26(18)3)16-24-21(28)22(11-13-25(2)14-12-22)17-7-5-4-6-8-17;2*2-1-3/h4-8,18-19H,9-16H2,1-3H3,(H,23,27)(H,24,28);2*1H,(H,2,3)/t18-,19+;;/m1../s1. The van der Waals surface area contributed by atoms with E-state index >= 15 is 0 Å². The molecule has 4 N–H and O–H groups in total. The minimum absolute atomic E-state index is 0.0795. The van der Waals surface area contributed by atoms with Crippen molar-refractivity contribution in [2.75, 3.05) is 40.8 Å². The number of nitrogens with zero attached hydrogens (tertiary/aromatic N) is 2. The fourth-order valence-corrected chi connectivity index (χ4v) is 4.68. The van der Waals surface area contributed by atoms with Crippen LogP contribution >= 0.6 is 0 Å². The van der Waals surface area contributed by atoms with Gasteiger partial charge < -0.3 is 25.7 Å². The number of likely N-dealkylation sites (tertiary alicyclic amines) is 2. The fourth-order valence-electron chi connectivity index (χ4n) is 4.68. The van der Waals surface area contributed by atoms with E-state index in [-0.39, 0.29) is 36.8 Å². The van der Waals surface area contributed by atoms with E-state index in [1.54, 1.807) is 7.05 Å². The number of carboxylic acid groups (broad SMARTS) is 2. The van der Waals surface area contributed by atoms with Crippen LogP contribution in [0.2, 0.25) is 0 Å². The lowest BCUT2D eigenvalue weighted by molar-refractivity contribution is -0.129. The highest BCUT2D eigenvalue weighted by Gasteiger charge is 2.42. The number of likely N-dealkylation sites (N-methyl/N-ethyl adjacent to an activating group) is 1. The third-order valence-corrected chi connectivity index (χ3v) is 6.78. The average molecular weight is 479 g/mol. The van der Waals surface area contributed by atoms with E-state index in [9.17, 15) is 9.59 Å². The smallest absolute Gasteiger partial charge is 0.290 e. The molecule has 1 aromatic rings. The van der Waals surface area contributed by atoms with Gasteiger partial charge in [-0.15, -0.1) is 0 Å². The van der Waals surface area contributed by atoms with Gasteiger partial charge in [-0.1, -0.05) is 30.3 Å². The molecule has 0 radical (unpaired) electrons. The quantitative estimate of drug-likeness (QED) is 0.440. The predicted octanol–water partition coefficient (Wildman–Crippen LogP) is 0.767. The van der Waals surface area contributed by atoms with Crippen molar-refractivity contribution in [3.05, 3.63) is 35.9 Å². The first-order valence-electron chi connectivity index (χ1n) is 11.4. The molecule has 2 aliphatic heterocycles. The van der Waals surface area contributed by atoms with Crippen LogP contribution in [0.25, 0.3) is 0 Å². The number of benzene rings is 1.